The Hall–Kier alpha value is -4.57. The van der Waals surface area contributed by atoms with Gasteiger partial charge in [0.05, 0.1) is 19.8 Å². The van der Waals surface area contributed by atoms with Crippen LogP contribution < -0.4 is 19.5 Å². The molecule has 3 rings (SSSR count). The van der Waals surface area contributed by atoms with Gasteiger partial charge >= 0.3 is 5.97 Å². The fourth-order valence-corrected chi connectivity index (χ4v) is 2.78. The van der Waals surface area contributed by atoms with Crippen LogP contribution in [-0.2, 0) is 4.79 Å². The van der Waals surface area contributed by atoms with Crippen molar-refractivity contribution in [1.82, 2.24) is 0 Å². The van der Waals surface area contributed by atoms with Gasteiger partial charge in [0.1, 0.15) is 17.4 Å². The molecule has 0 unspecified atom stereocenters. The SMILES string of the molecule is COc1ccc(NC(=O)/C(C#N)=C/c2ccc(OC(=O)c3ccccc3)c(OC)c2)cc1. The summed E-state index contributed by atoms with van der Waals surface area (Å²) in [6.07, 6.45) is 1.42. The van der Waals surface area contributed by atoms with Crippen LogP contribution in [0.4, 0.5) is 5.69 Å². The van der Waals surface area contributed by atoms with Crippen LogP contribution in [0.25, 0.3) is 6.08 Å². The minimum absolute atomic E-state index is 0.100. The molecule has 0 aliphatic rings. The van der Waals surface area contributed by atoms with Crippen LogP contribution in [0.2, 0.25) is 0 Å². The summed E-state index contributed by atoms with van der Waals surface area (Å²) in [5.74, 6) is 0.0785. The van der Waals surface area contributed by atoms with Gasteiger partial charge in [0.2, 0.25) is 0 Å². The van der Waals surface area contributed by atoms with Crippen molar-refractivity contribution in [2.75, 3.05) is 19.5 Å². The molecule has 0 saturated heterocycles. The van der Waals surface area contributed by atoms with Gasteiger partial charge in [0.25, 0.3) is 5.91 Å². The van der Waals surface area contributed by atoms with Crippen LogP contribution in [-0.4, -0.2) is 26.1 Å². The van der Waals surface area contributed by atoms with E-state index in [9.17, 15) is 14.9 Å². The van der Waals surface area contributed by atoms with Crippen molar-refractivity contribution in [2.24, 2.45) is 0 Å². The van der Waals surface area contributed by atoms with Gasteiger partial charge in [-0.2, -0.15) is 5.26 Å². The standard InChI is InChI=1S/C25H20N2O5/c1-30-21-11-9-20(10-12-21)27-24(28)19(16-26)14-17-8-13-22(23(15-17)31-2)32-25(29)18-6-4-3-5-7-18/h3-15H,1-2H3,(H,27,28)/b19-14+. The quantitative estimate of drug-likeness (QED) is 0.258. The molecule has 3 aromatic rings. The normalized spacial score (nSPS) is 10.6. The average molecular weight is 428 g/mol. The lowest BCUT2D eigenvalue weighted by Gasteiger charge is -2.10. The molecule has 160 valence electrons. The molecular formula is C25H20N2O5. The number of methoxy groups -OCH3 is 2. The summed E-state index contributed by atoms with van der Waals surface area (Å²) in [4.78, 5) is 24.8. The van der Waals surface area contributed by atoms with E-state index in [0.717, 1.165) is 0 Å². The molecule has 0 aliphatic heterocycles. The highest BCUT2D eigenvalue weighted by Crippen LogP contribution is 2.30. The molecule has 0 fully saturated rings. The van der Waals surface area contributed by atoms with E-state index in [1.165, 1.54) is 13.2 Å². The summed E-state index contributed by atoms with van der Waals surface area (Å²) < 4.78 is 15.8. The highest BCUT2D eigenvalue weighted by atomic mass is 16.6. The molecular weight excluding hydrogens is 408 g/mol. The van der Waals surface area contributed by atoms with Gasteiger partial charge in [0.15, 0.2) is 11.5 Å². The van der Waals surface area contributed by atoms with Crippen molar-refractivity contribution in [2.45, 2.75) is 0 Å². The zero-order chi connectivity index (χ0) is 22.9. The number of esters is 1. The van der Waals surface area contributed by atoms with Crippen molar-refractivity contribution in [1.29, 1.82) is 5.26 Å². The Bertz CT molecular complexity index is 1180. The van der Waals surface area contributed by atoms with Gasteiger partial charge in [-0.1, -0.05) is 24.3 Å². The van der Waals surface area contributed by atoms with Crippen molar-refractivity contribution >= 4 is 23.6 Å². The highest BCUT2D eigenvalue weighted by molar-refractivity contribution is 6.09. The Morgan fingerprint density at radius 3 is 2.25 bits per heavy atom. The smallest absolute Gasteiger partial charge is 0.343 e. The number of hydrogen-bond donors (Lipinski definition) is 1. The molecule has 0 aromatic heterocycles. The van der Waals surface area contributed by atoms with Crippen LogP contribution >= 0.6 is 0 Å². The topological polar surface area (TPSA) is 97.6 Å². The van der Waals surface area contributed by atoms with E-state index < -0.39 is 11.9 Å². The van der Waals surface area contributed by atoms with Gasteiger partial charge in [-0.05, 0) is 60.2 Å². The van der Waals surface area contributed by atoms with Gasteiger partial charge in [-0.15, -0.1) is 0 Å². The second-order valence-electron chi connectivity index (χ2n) is 6.52. The molecule has 1 amide bonds. The number of nitriles is 1. The van der Waals surface area contributed by atoms with E-state index in [4.69, 9.17) is 14.2 Å². The maximum absolute atomic E-state index is 12.5. The average Bonchev–Trinajstić information content (AvgIpc) is 2.84. The lowest BCUT2D eigenvalue weighted by molar-refractivity contribution is -0.112. The van der Waals surface area contributed by atoms with E-state index in [1.54, 1.807) is 79.9 Å². The molecule has 0 bridgehead atoms. The van der Waals surface area contributed by atoms with Crippen LogP contribution in [0.1, 0.15) is 15.9 Å². The fraction of sp³-hybridized carbons (Fsp3) is 0.0800. The predicted octanol–water partition coefficient (Wildman–Crippen LogP) is 4.47. The lowest BCUT2D eigenvalue weighted by atomic mass is 10.1. The molecule has 1 N–H and O–H groups in total. The zero-order valence-electron chi connectivity index (χ0n) is 17.5. The third kappa shape index (κ3) is 5.52. The second-order valence-corrected chi connectivity index (χ2v) is 6.52. The summed E-state index contributed by atoms with van der Waals surface area (Å²) in [5, 5.41) is 12.1. The number of ether oxygens (including phenoxy) is 3. The number of carbonyl (C=O) groups is 2. The first-order chi connectivity index (χ1) is 15.5. The number of rotatable bonds is 7. The molecule has 0 spiro atoms. The largest absolute Gasteiger partial charge is 0.497 e. The number of benzene rings is 3. The van der Waals surface area contributed by atoms with Crippen LogP contribution in [0.15, 0.2) is 78.4 Å². The monoisotopic (exact) mass is 428 g/mol. The fourth-order valence-electron chi connectivity index (χ4n) is 2.78. The van der Waals surface area contributed by atoms with Gasteiger partial charge in [0, 0.05) is 5.69 Å². The van der Waals surface area contributed by atoms with Crippen molar-refractivity contribution in [3.63, 3.8) is 0 Å². The van der Waals surface area contributed by atoms with Crippen LogP contribution in [0.3, 0.4) is 0 Å². The van der Waals surface area contributed by atoms with Crippen molar-refractivity contribution in [3.8, 4) is 23.3 Å². The van der Waals surface area contributed by atoms with Gasteiger partial charge in [-0.3, -0.25) is 4.79 Å². The number of hydrogen-bond acceptors (Lipinski definition) is 6. The van der Waals surface area contributed by atoms with E-state index in [-0.39, 0.29) is 17.1 Å². The highest BCUT2D eigenvalue weighted by Gasteiger charge is 2.14. The van der Waals surface area contributed by atoms with E-state index in [2.05, 4.69) is 5.32 Å². The molecule has 7 nitrogen and oxygen atoms in total. The number of carbonyl (C=O) groups excluding carboxylic acids is 2. The minimum Gasteiger partial charge on any atom is -0.497 e. The Morgan fingerprint density at radius 2 is 1.62 bits per heavy atom. The van der Waals surface area contributed by atoms with E-state index in [1.807, 2.05) is 6.07 Å². The first-order valence-corrected chi connectivity index (χ1v) is 9.56. The van der Waals surface area contributed by atoms with Gasteiger partial charge in [-0.25, -0.2) is 4.79 Å². The Labute approximate surface area is 185 Å². The Kier molecular flexibility index (Phi) is 7.23. The summed E-state index contributed by atoms with van der Waals surface area (Å²) in [5.41, 5.74) is 1.36. The first kappa shape index (κ1) is 22.1. The molecule has 0 heterocycles. The van der Waals surface area contributed by atoms with Crippen LogP contribution in [0, 0.1) is 11.3 Å². The van der Waals surface area contributed by atoms with Gasteiger partial charge < -0.3 is 19.5 Å². The third-order valence-corrected chi connectivity index (χ3v) is 4.42. The number of nitrogens with zero attached hydrogens (tertiary/aromatic N) is 1. The van der Waals surface area contributed by atoms with Crippen molar-refractivity contribution < 1.29 is 23.8 Å². The maximum atomic E-state index is 12.5. The number of anilines is 1. The summed E-state index contributed by atoms with van der Waals surface area (Å²) in [7, 11) is 2.98. The van der Waals surface area contributed by atoms with Crippen molar-refractivity contribution in [3.05, 3.63) is 89.5 Å². The van der Waals surface area contributed by atoms with E-state index >= 15 is 0 Å². The Balaban J connectivity index is 1.77. The molecule has 0 radical (unpaired) electrons. The van der Waals surface area contributed by atoms with Crippen LogP contribution in [0.5, 0.6) is 17.2 Å². The predicted molar refractivity (Wildman–Crippen MR) is 120 cm³/mol. The number of nitrogens with one attached hydrogen (secondary N) is 1. The zero-order valence-corrected chi connectivity index (χ0v) is 17.5. The number of amides is 1. The maximum Gasteiger partial charge on any atom is 0.343 e. The lowest BCUT2D eigenvalue weighted by Crippen LogP contribution is -2.13. The summed E-state index contributed by atoms with van der Waals surface area (Å²) in [6, 6.07) is 21.9. The Morgan fingerprint density at radius 1 is 0.906 bits per heavy atom. The molecule has 7 heteroatoms. The molecule has 0 saturated carbocycles. The molecule has 32 heavy (non-hydrogen) atoms. The minimum atomic E-state index is -0.559. The molecule has 0 atom stereocenters. The summed E-state index contributed by atoms with van der Waals surface area (Å²) >= 11 is 0. The second kappa shape index (κ2) is 10.5. The molecule has 3 aromatic carbocycles. The third-order valence-electron chi connectivity index (χ3n) is 4.42. The molecule has 0 aliphatic carbocycles. The summed E-state index contributed by atoms with van der Waals surface area (Å²) in [6.45, 7) is 0. The van der Waals surface area contributed by atoms with E-state index in [0.29, 0.717) is 22.6 Å². The first-order valence-electron chi connectivity index (χ1n) is 9.56.